The highest BCUT2D eigenvalue weighted by Gasteiger charge is 2.29. The van der Waals surface area contributed by atoms with Crippen molar-refractivity contribution in [3.05, 3.63) is 18.2 Å². The Labute approximate surface area is 116 Å². The smallest absolute Gasteiger partial charge is 0.327 e. The second-order valence-electron chi connectivity index (χ2n) is 4.40. The lowest BCUT2D eigenvalue weighted by atomic mass is 10.2. The Morgan fingerprint density at radius 3 is 2.45 bits per heavy atom. The molecule has 2 rings (SSSR count). The van der Waals surface area contributed by atoms with Gasteiger partial charge in [0.05, 0.1) is 11.9 Å². The van der Waals surface area contributed by atoms with Gasteiger partial charge in [0.15, 0.2) is 11.5 Å². The van der Waals surface area contributed by atoms with E-state index in [1.54, 1.807) is 6.07 Å². The van der Waals surface area contributed by atoms with Crippen LogP contribution in [0, 0.1) is 0 Å². The van der Waals surface area contributed by atoms with Gasteiger partial charge in [-0.25, -0.2) is 13.2 Å². The maximum Gasteiger partial charge on any atom is 0.327 e. The summed E-state index contributed by atoms with van der Waals surface area (Å²) < 4.78 is 35.2. The number of aliphatic carboxylic acids is 1. The lowest BCUT2D eigenvalue weighted by Crippen LogP contribution is -2.42. The quantitative estimate of drug-likeness (QED) is 0.880. The molecule has 1 aliphatic rings. The van der Waals surface area contributed by atoms with Crippen molar-refractivity contribution in [1.29, 1.82) is 0 Å². The topological polar surface area (TPSA) is 93.1 Å². The summed E-state index contributed by atoms with van der Waals surface area (Å²) in [4.78, 5) is 11.1. The summed E-state index contributed by atoms with van der Waals surface area (Å²) in [7, 11) is -3.73. The van der Waals surface area contributed by atoms with Crippen LogP contribution in [0.5, 0.6) is 11.5 Å². The SMILES string of the molecule is C[C@@H](C(=O)O)N(c1ccc2c(c1)OCCO2)S(C)(=O)=O. The molecule has 0 aromatic heterocycles. The average Bonchev–Trinajstić information content (AvgIpc) is 2.37. The number of fused-ring (bicyclic) bond motifs is 1. The van der Waals surface area contributed by atoms with E-state index in [1.165, 1.54) is 19.1 Å². The average molecular weight is 301 g/mol. The minimum absolute atomic E-state index is 0.228. The maximum atomic E-state index is 11.8. The molecule has 0 amide bonds. The molecule has 0 saturated carbocycles. The van der Waals surface area contributed by atoms with Gasteiger partial charge in [0.2, 0.25) is 10.0 Å². The molecule has 0 unspecified atom stereocenters. The lowest BCUT2D eigenvalue weighted by Gasteiger charge is -2.27. The van der Waals surface area contributed by atoms with E-state index in [0.717, 1.165) is 10.6 Å². The second-order valence-corrected chi connectivity index (χ2v) is 6.26. The van der Waals surface area contributed by atoms with Crippen molar-refractivity contribution in [2.24, 2.45) is 0 Å². The number of hydrogen-bond donors (Lipinski definition) is 1. The van der Waals surface area contributed by atoms with Crippen molar-refractivity contribution in [3.8, 4) is 11.5 Å². The minimum Gasteiger partial charge on any atom is -0.486 e. The number of anilines is 1. The highest BCUT2D eigenvalue weighted by atomic mass is 32.2. The molecule has 0 radical (unpaired) electrons. The fourth-order valence-electron chi connectivity index (χ4n) is 1.97. The monoisotopic (exact) mass is 301 g/mol. The molecule has 0 aliphatic carbocycles. The van der Waals surface area contributed by atoms with Crippen LogP contribution in [0.25, 0.3) is 0 Å². The number of hydrogen-bond acceptors (Lipinski definition) is 5. The Morgan fingerprint density at radius 2 is 1.90 bits per heavy atom. The highest BCUT2D eigenvalue weighted by molar-refractivity contribution is 7.92. The number of nitrogens with zero attached hydrogens (tertiary/aromatic N) is 1. The molecule has 1 aliphatic heterocycles. The van der Waals surface area contributed by atoms with Crippen LogP contribution in [0.2, 0.25) is 0 Å². The molecule has 0 fully saturated rings. The largest absolute Gasteiger partial charge is 0.486 e. The number of sulfonamides is 1. The zero-order valence-electron chi connectivity index (χ0n) is 11.1. The normalized spacial score (nSPS) is 15.5. The Morgan fingerprint density at radius 1 is 1.30 bits per heavy atom. The van der Waals surface area contributed by atoms with Crippen molar-refractivity contribution in [2.75, 3.05) is 23.8 Å². The maximum absolute atomic E-state index is 11.8. The first-order valence-electron chi connectivity index (χ1n) is 5.92. The molecule has 7 nitrogen and oxygen atoms in total. The van der Waals surface area contributed by atoms with E-state index in [0.29, 0.717) is 24.7 Å². The summed E-state index contributed by atoms with van der Waals surface area (Å²) in [6, 6.07) is 3.31. The van der Waals surface area contributed by atoms with E-state index in [1.807, 2.05) is 0 Å². The van der Waals surface area contributed by atoms with Gasteiger partial charge in [0.25, 0.3) is 0 Å². The summed E-state index contributed by atoms with van der Waals surface area (Å²) in [5, 5.41) is 9.05. The molecule has 0 bridgehead atoms. The van der Waals surface area contributed by atoms with Crippen LogP contribution in [0.4, 0.5) is 5.69 Å². The highest BCUT2D eigenvalue weighted by Crippen LogP contribution is 2.35. The number of ether oxygens (including phenoxy) is 2. The summed E-state index contributed by atoms with van der Waals surface area (Å²) in [5.74, 6) is -0.318. The zero-order chi connectivity index (χ0) is 14.9. The van der Waals surface area contributed by atoms with Crippen LogP contribution in [-0.2, 0) is 14.8 Å². The zero-order valence-corrected chi connectivity index (χ0v) is 11.9. The fraction of sp³-hybridized carbons (Fsp3) is 0.417. The molecule has 0 spiro atoms. The second kappa shape index (κ2) is 5.20. The first-order chi connectivity index (χ1) is 9.30. The van der Waals surface area contributed by atoms with E-state index >= 15 is 0 Å². The van der Waals surface area contributed by atoms with Gasteiger partial charge >= 0.3 is 5.97 Å². The standard InChI is InChI=1S/C12H15NO6S/c1-8(12(14)15)13(20(2,16)17)9-3-4-10-11(7-9)19-6-5-18-10/h3-4,7-8H,5-6H2,1-2H3,(H,14,15)/t8-/m0/s1. The van der Waals surface area contributed by atoms with E-state index in [-0.39, 0.29) is 5.69 Å². The van der Waals surface area contributed by atoms with Crippen LogP contribution in [0.3, 0.4) is 0 Å². The Hall–Kier alpha value is -1.96. The Bertz CT molecular complexity index is 627. The Kier molecular flexibility index (Phi) is 3.76. The number of benzene rings is 1. The molecule has 1 heterocycles. The van der Waals surface area contributed by atoms with Gasteiger partial charge in [-0.05, 0) is 19.1 Å². The van der Waals surface area contributed by atoms with Gasteiger partial charge in [-0.1, -0.05) is 0 Å². The molecule has 110 valence electrons. The van der Waals surface area contributed by atoms with Crippen LogP contribution in [0.15, 0.2) is 18.2 Å². The van der Waals surface area contributed by atoms with Gasteiger partial charge < -0.3 is 14.6 Å². The number of carbonyl (C=O) groups is 1. The Balaban J connectivity index is 2.47. The molecular weight excluding hydrogens is 286 g/mol. The van der Waals surface area contributed by atoms with Crippen molar-refractivity contribution in [3.63, 3.8) is 0 Å². The van der Waals surface area contributed by atoms with Gasteiger partial charge in [0.1, 0.15) is 19.3 Å². The molecule has 1 aromatic rings. The van der Waals surface area contributed by atoms with Gasteiger partial charge in [0, 0.05) is 6.07 Å². The predicted octanol–water partition coefficient (Wildman–Crippen LogP) is 0.697. The van der Waals surface area contributed by atoms with E-state index < -0.39 is 22.0 Å². The van der Waals surface area contributed by atoms with Crippen molar-refractivity contribution >= 4 is 21.7 Å². The molecule has 1 N–H and O–H groups in total. The summed E-state index contributed by atoms with van der Waals surface area (Å²) in [6.07, 6.45) is 0.962. The summed E-state index contributed by atoms with van der Waals surface area (Å²) in [5.41, 5.74) is 0.228. The third kappa shape index (κ3) is 2.79. The minimum atomic E-state index is -3.73. The molecule has 20 heavy (non-hydrogen) atoms. The number of carboxylic acids is 1. The van der Waals surface area contributed by atoms with Gasteiger partial charge in [-0.15, -0.1) is 0 Å². The molecular formula is C12H15NO6S. The molecule has 0 saturated heterocycles. The fourth-order valence-corrected chi connectivity index (χ4v) is 3.13. The molecule has 1 atom stereocenters. The van der Waals surface area contributed by atoms with Crippen LogP contribution in [-0.4, -0.2) is 45.0 Å². The third-order valence-corrected chi connectivity index (χ3v) is 4.09. The lowest BCUT2D eigenvalue weighted by molar-refractivity contribution is -0.137. The van der Waals surface area contributed by atoms with E-state index in [9.17, 15) is 13.2 Å². The summed E-state index contributed by atoms with van der Waals surface area (Å²) in [6.45, 7) is 2.09. The predicted molar refractivity (Wildman–Crippen MR) is 71.9 cm³/mol. The van der Waals surface area contributed by atoms with Gasteiger partial charge in [-0.3, -0.25) is 4.31 Å². The first-order valence-corrected chi connectivity index (χ1v) is 7.77. The van der Waals surface area contributed by atoms with E-state index in [2.05, 4.69) is 0 Å². The number of carboxylic acid groups (broad SMARTS) is 1. The molecule has 8 heteroatoms. The first kappa shape index (κ1) is 14.4. The van der Waals surface area contributed by atoms with Crippen molar-refractivity contribution in [1.82, 2.24) is 0 Å². The number of rotatable bonds is 4. The van der Waals surface area contributed by atoms with Crippen molar-refractivity contribution < 1.29 is 27.8 Å². The van der Waals surface area contributed by atoms with E-state index in [4.69, 9.17) is 14.6 Å². The van der Waals surface area contributed by atoms with Crippen molar-refractivity contribution in [2.45, 2.75) is 13.0 Å². The summed E-state index contributed by atoms with van der Waals surface area (Å²) >= 11 is 0. The van der Waals surface area contributed by atoms with Crippen LogP contribution < -0.4 is 13.8 Å². The molecule has 1 aromatic carbocycles. The van der Waals surface area contributed by atoms with Crippen LogP contribution >= 0.6 is 0 Å². The van der Waals surface area contributed by atoms with Crippen LogP contribution in [0.1, 0.15) is 6.92 Å². The third-order valence-electron chi connectivity index (χ3n) is 2.85. The van der Waals surface area contributed by atoms with Gasteiger partial charge in [-0.2, -0.15) is 0 Å².